The number of rotatable bonds is 3. The molecule has 1 unspecified atom stereocenters. The van der Waals surface area contributed by atoms with Crippen molar-refractivity contribution < 1.29 is 0 Å². The molecule has 18 heavy (non-hydrogen) atoms. The van der Waals surface area contributed by atoms with Crippen LogP contribution in [0.2, 0.25) is 0 Å². The molecule has 0 aliphatic heterocycles. The quantitative estimate of drug-likeness (QED) is 0.895. The molecule has 2 rings (SSSR count). The Morgan fingerprint density at radius 3 is 2.67 bits per heavy atom. The normalized spacial score (nSPS) is 27.4. The largest absolute Gasteiger partial charge is 0.325 e. The van der Waals surface area contributed by atoms with E-state index in [4.69, 9.17) is 5.73 Å². The van der Waals surface area contributed by atoms with Crippen molar-refractivity contribution in [1.29, 1.82) is 0 Å². The highest BCUT2D eigenvalue weighted by Crippen LogP contribution is 2.41. The molecule has 0 radical (unpaired) electrons. The van der Waals surface area contributed by atoms with Gasteiger partial charge in [0.25, 0.3) is 0 Å². The molecule has 1 aliphatic rings. The summed E-state index contributed by atoms with van der Waals surface area (Å²) in [5, 5.41) is 4.52. The van der Waals surface area contributed by atoms with Gasteiger partial charge in [-0.3, -0.25) is 4.68 Å². The van der Waals surface area contributed by atoms with Gasteiger partial charge in [0.2, 0.25) is 0 Å². The SMILES string of the molecule is CCc1cc(CC2(N)CCCC(C)(C)C2)n(C)n1. The van der Waals surface area contributed by atoms with Gasteiger partial charge in [-0.1, -0.05) is 27.2 Å². The molecule has 0 spiro atoms. The van der Waals surface area contributed by atoms with E-state index in [-0.39, 0.29) is 5.54 Å². The van der Waals surface area contributed by atoms with Gasteiger partial charge >= 0.3 is 0 Å². The van der Waals surface area contributed by atoms with Crippen LogP contribution in [-0.2, 0) is 19.9 Å². The molecule has 1 aromatic heterocycles. The van der Waals surface area contributed by atoms with Crippen LogP contribution in [-0.4, -0.2) is 15.3 Å². The van der Waals surface area contributed by atoms with Gasteiger partial charge in [0.1, 0.15) is 0 Å². The first-order valence-corrected chi connectivity index (χ1v) is 7.14. The zero-order chi connectivity index (χ0) is 13.4. The molecule has 1 saturated carbocycles. The van der Waals surface area contributed by atoms with Gasteiger partial charge in [-0.25, -0.2) is 0 Å². The molecule has 0 saturated heterocycles. The smallest absolute Gasteiger partial charge is 0.0624 e. The second kappa shape index (κ2) is 4.69. The topological polar surface area (TPSA) is 43.8 Å². The van der Waals surface area contributed by atoms with E-state index in [0.29, 0.717) is 5.41 Å². The summed E-state index contributed by atoms with van der Waals surface area (Å²) in [6.45, 7) is 6.83. The maximum Gasteiger partial charge on any atom is 0.0624 e. The van der Waals surface area contributed by atoms with E-state index >= 15 is 0 Å². The Balaban J connectivity index is 2.14. The van der Waals surface area contributed by atoms with Gasteiger partial charge in [0.05, 0.1) is 5.69 Å². The van der Waals surface area contributed by atoms with Crippen molar-refractivity contribution in [2.24, 2.45) is 18.2 Å². The average molecular weight is 249 g/mol. The molecule has 0 aromatic carbocycles. The van der Waals surface area contributed by atoms with Crippen LogP contribution in [0.15, 0.2) is 6.07 Å². The predicted molar refractivity (Wildman–Crippen MR) is 75.5 cm³/mol. The van der Waals surface area contributed by atoms with Gasteiger partial charge in [0, 0.05) is 24.7 Å². The molecule has 3 nitrogen and oxygen atoms in total. The van der Waals surface area contributed by atoms with E-state index < -0.39 is 0 Å². The van der Waals surface area contributed by atoms with Gasteiger partial charge in [0.15, 0.2) is 0 Å². The molecule has 1 aliphatic carbocycles. The van der Waals surface area contributed by atoms with E-state index in [0.717, 1.165) is 25.7 Å². The third-order valence-corrected chi connectivity index (χ3v) is 4.28. The number of hydrogen-bond acceptors (Lipinski definition) is 2. The Hall–Kier alpha value is -0.830. The summed E-state index contributed by atoms with van der Waals surface area (Å²) in [6.07, 6.45) is 6.77. The van der Waals surface area contributed by atoms with E-state index in [9.17, 15) is 0 Å². The van der Waals surface area contributed by atoms with Gasteiger partial charge < -0.3 is 5.73 Å². The minimum Gasteiger partial charge on any atom is -0.325 e. The molecule has 1 atom stereocenters. The van der Waals surface area contributed by atoms with Crippen molar-refractivity contribution in [2.75, 3.05) is 0 Å². The van der Waals surface area contributed by atoms with Crippen molar-refractivity contribution in [3.8, 4) is 0 Å². The van der Waals surface area contributed by atoms with Gasteiger partial charge in [-0.2, -0.15) is 5.10 Å². The van der Waals surface area contributed by atoms with E-state index in [1.807, 2.05) is 11.7 Å². The van der Waals surface area contributed by atoms with Crippen LogP contribution >= 0.6 is 0 Å². The standard InChI is InChI=1S/C15H27N3/c1-5-12-9-13(18(4)17-12)10-15(16)8-6-7-14(2,3)11-15/h9H,5-8,10-11,16H2,1-4H3. The van der Waals surface area contributed by atoms with Crippen molar-refractivity contribution in [3.05, 3.63) is 17.5 Å². The second-order valence-corrected chi connectivity index (χ2v) is 6.84. The van der Waals surface area contributed by atoms with Crippen molar-refractivity contribution >= 4 is 0 Å². The van der Waals surface area contributed by atoms with Gasteiger partial charge in [-0.15, -0.1) is 0 Å². The fraction of sp³-hybridized carbons (Fsp3) is 0.800. The molecule has 0 bridgehead atoms. The van der Waals surface area contributed by atoms with Crippen LogP contribution < -0.4 is 5.73 Å². The summed E-state index contributed by atoms with van der Waals surface area (Å²) in [5.41, 5.74) is 9.45. The number of nitrogens with two attached hydrogens (primary N) is 1. The number of aryl methyl sites for hydroxylation is 2. The highest BCUT2D eigenvalue weighted by atomic mass is 15.3. The van der Waals surface area contributed by atoms with Crippen LogP contribution in [0.5, 0.6) is 0 Å². The molecular formula is C15H27N3. The second-order valence-electron chi connectivity index (χ2n) is 6.84. The van der Waals surface area contributed by atoms with Crippen LogP contribution in [0, 0.1) is 5.41 Å². The Bertz CT molecular complexity index is 419. The molecule has 3 heteroatoms. The number of hydrogen-bond donors (Lipinski definition) is 1. The lowest BCUT2D eigenvalue weighted by molar-refractivity contribution is 0.149. The predicted octanol–water partition coefficient (Wildman–Crippen LogP) is 2.82. The monoisotopic (exact) mass is 249 g/mol. The molecule has 1 fully saturated rings. The number of nitrogens with zero attached hydrogens (tertiary/aromatic N) is 2. The van der Waals surface area contributed by atoms with Crippen LogP contribution in [0.1, 0.15) is 57.8 Å². The highest BCUT2D eigenvalue weighted by Gasteiger charge is 2.37. The lowest BCUT2D eigenvalue weighted by Gasteiger charge is -2.42. The van der Waals surface area contributed by atoms with E-state index in [2.05, 4.69) is 31.9 Å². The molecule has 2 N–H and O–H groups in total. The molecule has 1 aromatic rings. The fourth-order valence-corrected chi connectivity index (χ4v) is 3.47. The average Bonchev–Trinajstić information content (AvgIpc) is 2.57. The Labute approximate surface area is 111 Å². The summed E-state index contributed by atoms with van der Waals surface area (Å²) in [6, 6.07) is 2.22. The van der Waals surface area contributed by atoms with E-state index in [1.54, 1.807) is 0 Å². The lowest BCUT2D eigenvalue weighted by atomic mass is 9.67. The summed E-state index contributed by atoms with van der Waals surface area (Å²) in [4.78, 5) is 0. The first kappa shape index (κ1) is 13.6. The van der Waals surface area contributed by atoms with E-state index in [1.165, 1.54) is 24.2 Å². The minimum absolute atomic E-state index is 0.0411. The lowest BCUT2D eigenvalue weighted by Crippen LogP contribution is -2.48. The van der Waals surface area contributed by atoms with Crippen LogP contribution in [0.4, 0.5) is 0 Å². The summed E-state index contributed by atoms with van der Waals surface area (Å²) >= 11 is 0. The Morgan fingerprint density at radius 2 is 2.11 bits per heavy atom. The summed E-state index contributed by atoms with van der Waals surface area (Å²) < 4.78 is 2.01. The number of aromatic nitrogens is 2. The third-order valence-electron chi connectivity index (χ3n) is 4.28. The molecule has 0 amide bonds. The first-order chi connectivity index (χ1) is 8.34. The Kier molecular flexibility index (Phi) is 3.54. The molecular weight excluding hydrogens is 222 g/mol. The first-order valence-electron chi connectivity index (χ1n) is 7.14. The van der Waals surface area contributed by atoms with Crippen molar-refractivity contribution in [3.63, 3.8) is 0 Å². The maximum absolute atomic E-state index is 6.65. The third kappa shape index (κ3) is 2.94. The minimum atomic E-state index is -0.0411. The Morgan fingerprint density at radius 1 is 1.39 bits per heavy atom. The van der Waals surface area contributed by atoms with Crippen LogP contribution in [0.25, 0.3) is 0 Å². The zero-order valence-corrected chi connectivity index (χ0v) is 12.3. The maximum atomic E-state index is 6.65. The van der Waals surface area contributed by atoms with Crippen LogP contribution in [0.3, 0.4) is 0 Å². The van der Waals surface area contributed by atoms with Crippen molar-refractivity contribution in [1.82, 2.24) is 9.78 Å². The van der Waals surface area contributed by atoms with Gasteiger partial charge in [-0.05, 0) is 37.2 Å². The highest BCUT2D eigenvalue weighted by molar-refractivity contribution is 5.14. The molecule has 1 heterocycles. The zero-order valence-electron chi connectivity index (χ0n) is 12.3. The molecule has 102 valence electrons. The van der Waals surface area contributed by atoms with Crippen molar-refractivity contribution in [2.45, 2.75) is 64.8 Å². The summed E-state index contributed by atoms with van der Waals surface area (Å²) in [7, 11) is 2.03. The summed E-state index contributed by atoms with van der Waals surface area (Å²) in [5.74, 6) is 0. The fourth-order valence-electron chi connectivity index (χ4n) is 3.47.